The van der Waals surface area contributed by atoms with Crippen molar-refractivity contribution in [2.45, 2.75) is 19.3 Å². The maximum atomic E-state index is 12.1. The van der Waals surface area contributed by atoms with E-state index in [-0.39, 0.29) is 18.3 Å². The van der Waals surface area contributed by atoms with Crippen LogP contribution in [0.1, 0.15) is 29.0 Å². The highest BCUT2D eigenvalue weighted by Crippen LogP contribution is 2.43. The highest BCUT2D eigenvalue weighted by Gasteiger charge is 2.31. The molecule has 1 aliphatic rings. The van der Waals surface area contributed by atoms with Crippen LogP contribution in [0, 0.1) is 6.92 Å². The molecule has 0 unspecified atom stereocenters. The van der Waals surface area contributed by atoms with Crippen LogP contribution in [0.5, 0.6) is 11.5 Å². The zero-order valence-corrected chi connectivity index (χ0v) is 13.9. The van der Waals surface area contributed by atoms with E-state index in [1.54, 1.807) is 13.2 Å². The van der Waals surface area contributed by atoms with E-state index in [2.05, 4.69) is 0 Å². The summed E-state index contributed by atoms with van der Waals surface area (Å²) in [5, 5.41) is 0.842. The van der Waals surface area contributed by atoms with E-state index >= 15 is 0 Å². The van der Waals surface area contributed by atoms with Gasteiger partial charge in [-0.2, -0.15) is 0 Å². The van der Waals surface area contributed by atoms with Crippen molar-refractivity contribution in [3.05, 3.63) is 69.6 Å². The third-order valence-corrected chi connectivity index (χ3v) is 4.58. The van der Waals surface area contributed by atoms with E-state index in [0.29, 0.717) is 11.3 Å². The second kappa shape index (κ2) is 5.77. The first kappa shape index (κ1) is 15.4. The minimum Gasteiger partial charge on any atom is -0.497 e. The van der Waals surface area contributed by atoms with Crippen LogP contribution in [0.25, 0.3) is 11.0 Å². The Balaban J connectivity index is 1.98. The Kier molecular flexibility index (Phi) is 3.57. The van der Waals surface area contributed by atoms with E-state index in [4.69, 9.17) is 13.9 Å². The molecule has 0 bridgehead atoms. The van der Waals surface area contributed by atoms with Crippen molar-refractivity contribution in [2.24, 2.45) is 0 Å². The van der Waals surface area contributed by atoms with Crippen LogP contribution < -0.4 is 15.1 Å². The number of ether oxygens (including phenoxy) is 2. The summed E-state index contributed by atoms with van der Waals surface area (Å²) in [6.07, 6.45) is 0.191. The Morgan fingerprint density at radius 3 is 2.56 bits per heavy atom. The minimum absolute atomic E-state index is 0.191. The van der Waals surface area contributed by atoms with Gasteiger partial charge in [-0.15, -0.1) is 0 Å². The topological polar surface area (TPSA) is 65.7 Å². The van der Waals surface area contributed by atoms with Gasteiger partial charge < -0.3 is 13.9 Å². The van der Waals surface area contributed by atoms with Crippen LogP contribution in [0.2, 0.25) is 0 Å². The van der Waals surface area contributed by atoms with E-state index < -0.39 is 5.63 Å². The Hall–Kier alpha value is -3.08. The summed E-state index contributed by atoms with van der Waals surface area (Å²) in [6.45, 7) is 1.86. The molecule has 0 spiro atoms. The number of esters is 1. The monoisotopic (exact) mass is 336 g/mol. The van der Waals surface area contributed by atoms with Gasteiger partial charge in [-0.25, -0.2) is 4.79 Å². The van der Waals surface area contributed by atoms with E-state index in [0.717, 1.165) is 27.8 Å². The summed E-state index contributed by atoms with van der Waals surface area (Å²) in [5.74, 6) is 0.638. The molecule has 5 heteroatoms. The summed E-state index contributed by atoms with van der Waals surface area (Å²) in [7, 11) is 1.60. The molecule has 1 aromatic heterocycles. The molecule has 0 saturated carbocycles. The van der Waals surface area contributed by atoms with Gasteiger partial charge in [0.2, 0.25) is 0 Å². The lowest BCUT2D eigenvalue weighted by Gasteiger charge is -2.25. The quantitative estimate of drug-likeness (QED) is 0.407. The Bertz CT molecular complexity index is 1030. The van der Waals surface area contributed by atoms with Gasteiger partial charge in [0.05, 0.1) is 13.5 Å². The summed E-state index contributed by atoms with van der Waals surface area (Å²) in [5.41, 5.74) is 2.58. The molecule has 1 atom stereocenters. The number of hydrogen-bond acceptors (Lipinski definition) is 5. The van der Waals surface area contributed by atoms with Crippen molar-refractivity contribution < 1.29 is 18.7 Å². The number of aryl methyl sites for hydroxylation is 1. The van der Waals surface area contributed by atoms with Gasteiger partial charge in [-0.3, -0.25) is 4.79 Å². The average molecular weight is 336 g/mol. The third kappa shape index (κ3) is 2.58. The fraction of sp³-hybridized carbons (Fsp3) is 0.200. The van der Waals surface area contributed by atoms with Crippen molar-refractivity contribution >= 4 is 16.9 Å². The van der Waals surface area contributed by atoms with Crippen molar-refractivity contribution in [3.63, 3.8) is 0 Å². The lowest BCUT2D eigenvalue weighted by Crippen LogP contribution is -2.21. The van der Waals surface area contributed by atoms with E-state index in [1.807, 2.05) is 37.3 Å². The smallest absolute Gasteiger partial charge is 0.336 e. The highest BCUT2D eigenvalue weighted by atomic mass is 16.5. The largest absolute Gasteiger partial charge is 0.497 e. The molecular weight excluding hydrogens is 320 g/mol. The second-order valence-electron chi connectivity index (χ2n) is 6.11. The van der Waals surface area contributed by atoms with Crippen LogP contribution in [0.15, 0.2) is 51.7 Å². The number of methoxy groups -OCH3 is 1. The predicted octanol–water partition coefficient (Wildman–Crippen LogP) is 3.55. The van der Waals surface area contributed by atoms with Crippen molar-refractivity contribution in [1.82, 2.24) is 0 Å². The number of fused-ring (bicyclic) bond motifs is 3. The van der Waals surface area contributed by atoms with Crippen LogP contribution in [0.4, 0.5) is 0 Å². The van der Waals surface area contributed by atoms with Gasteiger partial charge in [0, 0.05) is 22.9 Å². The number of carbonyl (C=O) groups excluding carboxylic acids is 1. The molecule has 3 aromatic rings. The lowest BCUT2D eigenvalue weighted by atomic mass is 9.85. The molecule has 4 rings (SSSR count). The summed E-state index contributed by atoms with van der Waals surface area (Å²) in [6, 6.07) is 12.6. The first-order valence-corrected chi connectivity index (χ1v) is 7.99. The fourth-order valence-corrected chi connectivity index (χ4v) is 3.36. The van der Waals surface area contributed by atoms with Gasteiger partial charge >= 0.3 is 11.6 Å². The molecule has 0 radical (unpaired) electrons. The average Bonchev–Trinajstić information content (AvgIpc) is 2.60. The molecule has 0 saturated heterocycles. The van der Waals surface area contributed by atoms with Gasteiger partial charge in [-0.1, -0.05) is 12.1 Å². The first-order valence-electron chi connectivity index (χ1n) is 7.99. The highest BCUT2D eigenvalue weighted by molar-refractivity contribution is 5.89. The number of rotatable bonds is 2. The molecule has 0 aliphatic carbocycles. The fourth-order valence-electron chi connectivity index (χ4n) is 3.36. The predicted molar refractivity (Wildman–Crippen MR) is 92.3 cm³/mol. The molecule has 25 heavy (non-hydrogen) atoms. The zero-order chi connectivity index (χ0) is 17.6. The molecule has 2 heterocycles. The Labute approximate surface area is 143 Å². The second-order valence-corrected chi connectivity index (χ2v) is 6.11. The summed E-state index contributed by atoms with van der Waals surface area (Å²) < 4.78 is 16.1. The maximum Gasteiger partial charge on any atom is 0.336 e. The van der Waals surface area contributed by atoms with E-state index in [9.17, 15) is 9.59 Å². The molecule has 126 valence electrons. The van der Waals surface area contributed by atoms with Crippen molar-refractivity contribution in [2.75, 3.05) is 7.11 Å². The van der Waals surface area contributed by atoms with Crippen LogP contribution >= 0.6 is 0 Å². The molecule has 2 aromatic carbocycles. The SMILES string of the molecule is COc1ccc([C@H]2CC(=O)Oc3ccc4c(C)cc(=O)oc4c32)cc1. The van der Waals surface area contributed by atoms with E-state index in [1.165, 1.54) is 6.07 Å². The van der Waals surface area contributed by atoms with Crippen LogP contribution in [-0.4, -0.2) is 13.1 Å². The molecule has 5 nitrogen and oxygen atoms in total. The Morgan fingerprint density at radius 2 is 1.84 bits per heavy atom. The van der Waals surface area contributed by atoms with Crippen LogP contribution in [0.3, 0.4) is 0 Å². The number of hydrogen-bond donors (Lipinski definition) is 0. The Morgan fingerprint density at radius 1 is 1.08 bits per heavy atom. The van der Waals surface area contributed by atoms with Crippen molar-refractivity contribution in [3.8, 4) is 11.5 Å². The number of benzene rings is 2. The minimum atomic E-state index is -0.413. The lowest BCUT2D eigenvalue weighted by molar-refractivity contribution is -0.135. The molecule has 0 N–H and O–H groups in total. The first-order chi connectivity index (χ1) is 12.1. The van der Waals surface area contributed by atoms with Gasteiger partial charge in [0.15, 0.2) is 0 Å². The van der Waals surface area contributed by atoms with Gasteiger partial charge in [-0.05, 0) is 42.3 Å². The third-order valence-electron chi connectivity index (χ3n) is 4.58. The molecule has 0 fully saturated rings. The maximum absolute atomic E-state index is 12.1. The number of carbonyl (C=O) groups is 1. The summed E-state index contributed by atoms with van der Waals surface area (Å²) >= 11 is 0. The standard InChI is InChI=1S/C20H16O5/c1-11-9-17(21)25-20-14(11)7-8-16-19(20)15(10-18(22)24-16)12-3-5-13(23-2)6-4-12/h3-9,15H,10H2,1-2H3/t15-/m1/s1. The van der Waals surface area contributed by atoms with Crippen LogP contribution in [-0.2, 0) is 4.79 Å². The zero-order valence-electron chi connectivity index (χ0n) is 13.9. The molecule has 1 aliphatic heterocycles. The summed E-state index contributed by atoms with van der Waals surface area (Å²) in [4.78, 5) is 24.0. The van der Waals surface area contributed by atoms with Gasteiger partial charge in [0.25, 0.3) is 0 Å². The molecular formula is C20H16O5. The normalized spacial score (nSPS) is 16.4. The molecule has 0 amide bonds. The van der Waals surface area contributed by atoms with Gasteiger partial charge in [0.1, 0.15) is 17.1 Å². The van der Waals surface area contributed by atoms with Crippen molar-refractivity contribution in [1.29, 1.82) is 0 Å².